The lowest BCUT2D eigenvalue weighted by atomic mass is 9.87. The third-order valence-corrected chi connectivity index (χ3v) is 5.44. The molecule has 3 fully saturated rings. The second kappa shape index (κ2) is 5.20. The third-order valence-electron chi connectivity index (χ3n) is 5.44. The number of fused-ring (bicyclic) bond motifs is 2. The Morgan fingerprint density at radius 2 is 1.89 bits per heavy atom. The Morgan fingerprint density at radius 3 is 2.44 bits per heavy atom. The van der Waals surface area contributed by atoms with Crippen molar-refractivity contribution in [2.45, 2.75) is 57.4 Å². The Labute approximate surface area is 110 Å². The lowest BCUT2D eigenvalue weighted by molar-refractivity contribution is -0.140. The van der Waals surface area contributed by atoms with Crippen molar-refractivity contribution in [2.24, 2.45) is 17.8 Å². The van der Waals surface area contributed by atoms with Gasteiger partial charge in [-0.3, -0.25) is 4.79 Å². The van der Waals surface area contributed by atoms with E-state index >= 15 is 0 Å². The van der Waals surface area contributed by atoms with Crippen LogP contribution in [0.5, 0.6) is 0 Å². The van der Waals surface area contributed by atoms with Crippen molar-refractivity contribution in [3.8, 4) is 0 Å². The quantitative estimate of drug-likeness (QED) is 0.832. The Morgan fingerprint density at radius 1 is 1.11 bits per heavy atom. The summed E-state index contributed by atoms with van der Waals surface area (Å²) < 4.78 is 0. The number of hydrogen-bond donors (Lipinski definition) is 1. The molecule has 3 nitrogen and oxygen atoms in total. The summed E-state index contributed by atoms with van der Waals surface area (Å²) in [6.45, 7) is 0.667. The van der Waals surface area contributed by atoms with Gasteiger partial charge in [-0.1, -0.05) is 19.3 Å². The highest BCUT2D eigenvalue weighted by atomic mass is 16.3. The Balaban J connectivity index is 1.67. The predicted octanol–water partition coefficient (Wildman–Crippen LogP) is 2.19. The Bertz CT molecular complexity index is 312. The van der Waals surface area contributed by atoms with E-state index in [0.717, 1.165) is 25.2 Å². The first-order valence-electron chi connectivity index (χ1n) is 7.71. The van der Waals surface area contributed by atoms with E-state index in [1.807, 2.05) is 4.90 Å². The van der Waals surface area contributed by atoms with Gasteiger partial charge < -0.3 is 10.0 Å². The molecule has 0 spiro atoms. The van der Waals surface area contributed by atoms with Crippen molar-refractivity contribution in [1.82, 2.24) is 4.90 Å². The molecule has 3 atom stereocenters. The van der Waals surface area contributed by atoms with Gasteiger partial charge in [0.25, 0.3) is 0 Å². The maximum atomic E-state index is 12.7. The predicted molar refractivity (Wildman–Crippen MR) is 70.0 cm³/mol. The summed E-state index contributed by atoms with van der Waals surface area (Å²) in [4.78, 5) is 14.8. The molecule has 3 aliphatic carbocycles. The SMILES string of the molecule is O=C(C1CC2CCC1C2)N(CCO)C1CCCC1. The second-order valence-electron chi connectivity index (χ2n) is 6.47. The van der Waals surface area contributed by atoms with Crippen molar-refractivity contribution in [3.63, 3.8) is 0 Å². The highest BCUT2D eigenvalue weighted by molar-refractivity contribution is 5.80. The molecule has 0 aromatic heterocycles. The molecule has 3 unspecified atom stereocenters. The number of nitrogens with zero attached hydrogens (tertiary/aromatic N) is 1. The Kier molecular flexibility index (Phi) is 3.60. The fraction of sp³-hybridized carbons (Fsp3) is 0.933. The number of amides is 1. The number of rotatable bonds is 4. The van der Waals surface area contributed by atoms with Crippen LogP contribution in [-0.4, -0.2) is 35.1 Å². The topological polar surface area (TPSA) is 40.5 Å². The average Bonchev–Trinajstić information content (AvgIpc) is 3.10. The molecular formula is C15H25NO2. The van der Waals surface area contributed by atoms with Gasteiger partial charge in [0, 0.05) is 18.5 Å². The zero-order valence-corrected chi connectivity index (χ0v) is 11.2. The maximum Gasteiger partial charge on any atom is 0.226 e. The highest BCUT2D eigenvalue weighted by Crippen LogP contribution is 2.49. The standard InChI is InChI=1S/C15H25NO2/c17-8-7-16(13-3-1-2-4-13)15(18)14-10-11-5-6-12(14)9-11/h11-14,17H,1-10H2. The molecule has 1 amide bonds. The molecule has 0 aliphatic heterocycles. The van der Waals surface area contributed by atoms with Gasteiger partial charge in [0.05, 0.1) is 6.61 Å². The summed E-state index contributed by atoms with van der Waals surface area (Å²) in [7, 11) is 0. The number of hydrogen-bond acceptors (Lipinski definition) is 2. The summed E-state index contributed by atoms with van der Waals surface area (Å²) in [5.74, 6) is 2.13. The fourth-order valence-corrected chi connectivity index (χ4v) is 4.56. The number of carbonyl (C=O) groups is 1. The van der Waals surface area contributed by atoms with E-state index in [1.54, 1.807) is 0 Å². The van der Waals surface area contributed by atoms with Gasteiger partial charge in [-0.25, -0.2) is 0 Å². The summed E-state index contributed by atoms with van der Waals surface area (Å²) in [5.41, 5.74) is 0. The van der Waals surface area contributed by atoms with E-state index in [2.05, 4.69) is 0 Å². The van der Waals surface area contributed by atoms with Crippen molar-refractivity contribution in [1.29, 1.82) is 0 Å². The lowest BCUT2D eigenvalue weighted by Gasteiger charge is -2.33. The van der Waals surface area contributed by atoms with Crippen LogP contribution in [-0.2, 0) is 4.79 Å². The molecule has 0 aromatic rings. The molecule has 18 heavy (non-hydrogen) atoms. The molecule has 2 bridgehead atoms. The summed E-state index contributed by atoms with van der Waals surface area (Å²) in [5, 5.41) is 9.23. The zero-order chi connectivity index (χ0) is 12.5. The molecule has 0 heterocycles. The van der Waals surface area contributed by atoms with Crippen LogP contribution in [0.1, 0.15) is 51.4 Å². The molecular weight excluding hydrogens is 226 g/mol. The average molecular weight is 251 g/mol. The van der Waals surface area contributed by atoms with Crippen molar-refractivity contribution in [2.75, 3.05) is 13.2 Å². The summed E-state index contributed by atoms with van der Waals surface area (Å²) in [6, 6.07) is 0.420. The normalized spacial score (nSPS) is 35.3. The van der Waals surface area contributed by atoms with Crippen molar-refractivity contribution in [3.05, 3.63) is 0 Å². The van der Waals surface area contributed by atoms with E-state index in [9.17, 15) is 9.90 Å². The van der Waals surface area contributed by atoms with Gasteiger partial charge in [-0.15, -0.1) is 0 Å². The van der Waals surface area contributed by atoms with E-state index < -0.39 is 0 Å². The fourth-order valence-electron chi connectivity index (χ4n) is 4.56. The van der Waals surface area contributed by atoms with Crippen molar-refractivity contribution < 1.29 is 9.90 Å². The van der Waals surface area contributed by atoms with Gasteiger partial charge >= 0.3 is 0 Å². The Hall–Kier alpha value is -0.570. The third kappa shape index (κ3) is 2.18. The van der Waals surface area contributed by atoms with Gasteiger partial charge in [-0.05, 0) is 43.9 Å². The van der Waals surface area contributed by atoms with E-state index in [4.69, 9.17) is 0 Å². The first-order chi connectivity index (χ1) is 8.79. The number of aliphatic hydroxyl groups excluding tert-OH is 1. The van der Waals surface area contributed by atoms with Crippen LogP contribution in [0.3, 0.4) is 0 Å². The first-order valence-corrected chi connectivity index (χ1v) is 7.71. The van der Waals surface area contributed by atoms with Crippen LogP contribution in [0.2, 0.25) is 0 Å². The largest absolute Gasteiger partial charge is 0.395 e. The highest BCUT2D eigenvalue weighted by Gasteiger charge is 2.45. The van der Waals surface area contributed by atoms with Crippen LogP contribution in [0, 0.1) is 17.8 Å². The molecule has 3 rings (SSSR count). The van der Waals surface area contributed by atoms with Crippen LogP contribution in [0.25, 0.3) is 0 Å². The van der Waals surface area contributed by atoms with Crippen LogP contribution in [0.4, 0.5) is 0 Å². The number of aliphatic hydroxyl groups is 1. The molecule has 102 valence electrons. The molecule has 0 saturated heterocycles. The molecule has 1 N–H and O–H groups in total. The summed E-state index contributed by atoms with van der Waals surface area (Å²) >= 11 is 0. The number of carbonyl (C=O) groups excluding carboxylic acids is 1. The molecule has 3 heteroatoms. The summed E-state index contributed by atoms with van der Waals surface area (Å²) in [6.07, 6.45) is 9.80. The molecule has 0 aromatic carbocycles. The molecule has 0 radical (unpaired) electrons. The zero-order valence-electron chi connectivity index (χ0n) is 11.2. The van der Waals surface area contributed by atoms with Gasteiger partial charge in [0.2, 0.25) is 5.91 Å². The molecule has 3 aliphatic rings. The monoisotopic (exact) mass is 251 g/mol. The van der Waals surface area contributed by atoms with Gasteiger partial charge in [0.15, 0.2) is 0 Å². The van der Waals surface area contributed by atoms with E-state index in [-0.39, 0.29) is 12.5 Å². The lowest BCUT2D eigenvalue weighted by Crippen LogP contribution is -2.45. The van der Waals surface area contributed by atoms with Crippen molar-refractivity contribution >= 4 is 5.91 Å². The van der Waals surface area contributed by atoms with Gasteiger partial charge in [-0.2, -0.15) is 0 Å². The molecule has 3 saturated carbocycles. The van der Waals surface area contributed by atoms with Crippen LogP contribution >= 0.6 is 0 Å². The minimum atomic E-state index is 0.114. The van der Waals surface area contributed by atoms with Crippen LogP contribution in [0.15, 0.2) is 0 Å². The van der Waals surface area contributed by atoms with E-state index in [0.29, 0.717) is 24.4 Å². The van der Waals surface area contributed by atoms with Crippen LogP contribution < -0.4 is 0 Å². The minimum Gasteiger partial charge on any atom is -0.395 e. The smallest absolute Gasteiger partial charge is 0.226 e. The second-order valence-corrected chi connectivity index (χ2v) is 6.47. The maximum absolute atomic E-state index is 12.7. The van der Waals surface area contributed by atoms with E-state index in [1.165, 1.54) is 32.1 Å². The first kappa shape index (κ1) is 12.5. The van der Waals surface area contributed by atoms with Gasteiger partial charge in [0.1, 0.15) is 0 Å². The minimum absolute atomic E-state index is 0.114.